The highest BCUT2D eigenvalue weighted by Gasteiger charge is 2.39. The third kappa shape index (κ3) is 2.80. The molecule has 2 fully saturated rings. The van der Waals surface area contributed by atoms with Crippen molar-refractivity contribution in [3.63, 3.8) is 0 Å². The van der Waals surface area contributed by atoms with E-state index in [4.69, 9.17) is 4.74 Å². The van der Waals surface area contributed by atoms with E-state index < -0.39 is 0 Å². The highest BCUT2D eigenvalue weighted by molar-refractivity contribution is 5.83. The Morgan fingerprint density at radius 1 is 1.47 bits per heavy atom. The molecule has 0 spiro atoms. The molecule has 2 aliphatic heterocycles. The third-order valence-electron chi connectivity index (χ3n) is 4.19. The van der Waals surface area contributed by atoms with Crippen molar-refractivity contribution in [2.75, 3.05) is 39.9 Å². The summed E-state index contributed by atoms with van der Waals surface area (Å²) in [4.78, 5) is 14.5. The van der Waals surface area contributed by atoms with E-state index in [9.17, 15) is 4.79 Å². The standard InChI is InChI=1S/C13H24N2O2/c1-13(5-6-14-10-13)12(16)15-7-3-11(4-8-15)9-17-2/h11,14H,3-10H2,1-2H3. The van der Waals surface area contributed by atoms with Gasteiger partial charge in [-0.2, -0.15) is 0 Å². The Morgan fingerprint density at radius 2 is 2.18 bits per heavy atom. The third-order valence-corrected chi connectivity index (χ3v) is 4.19. The van der Waals surface area contributed by atoms with Crippen molar-refractivity contribution >= 4 is 5.91 Å². The van der Waals surface area contributed by atoms with E-state index >= 15 is 0 Å². The first-order valence-electron chi connectivity index (χ1n) is 6.65. The van der Waals surface area contributed by atoms with Crippen molar-refractivity contribution in [3.05, 3.63) is 0 Å². The lowest BCUT2D eigenvalue weighted by Gasteiger charge is -2.36. The summed E-state index contributed by atoms with van der Waals surface area (Å²) in [6.45, 7) is 6.55. The van der Waals surface area contributed by atoms with Crippen molar-refractivity contribution in [3.8, 4) is 0 Å². The molecule has 0 aromatic rings. The van der Waals surface area contributed by atoms with Crippen LogP contribution in [0.4, 0.5) is 0 Å². The Bertz CT molecular complexity index is 267. The Labute approximate surface area is 104 Å². The largest absolute Gasteiger partial charge is 0.384 e. The van der Waals surface area contributed by atoms with E-state index in [2.05, 4.69) is 17.1 Å². The molecule has 0 aromatic heterocycles. The summed E-state index contributed by atoms with van der Waals surface area (Å²) in [5, 5.41) is 3.29. The smallest absolute Gasteiger partial charge is 0.229 e. The van der Waals surface area contributed by atoms with Gasteiger partial charge >= 0.3 is 0 Å². The number of hydrogen-bond donors (Lipinski definition) is 1. The average Bonchev–Trinajstić information content (AvgIpc) is 2.78. The van der Waals surface area contributed by atoms with Gasteiger partial charge in [-0.1, -0.05) is 0 Å². The minimum absolute atomic E-state index is 0.159. The van der Waals surface area contributed by atoms with Crippen LogP contribution < -0.4 is 5.32 Å². The van der Waals surface area contributed by atoms with E-state index in [1.807, 2.05) is 0 Å². The monoisotopic (exact) mass is 240 g/mol. The summed E-state index contributed by atoms with van der Waals surface area (Å²) in [7, 11) is 1.75. The number of hydrogen-bond acceptors (Lipinski definition) is 3. The number of amides is 1. The molecule has 2 aliphatic rings. The van der Waals surface area contributed by atoms with Gasteiger partial charge in [-0.05, 0) is 38.6 Å². The fourth-order valence-electron chi connectivity index (χ4n) is 2.92. The first kappa shape index (κ1) is 12.8. The molecule has 1 amide bonds. The normalized spacial score (nSPS) is 30.8. The van der Waals surface area contributed by atoms with Gasteiger partial charge in [0.25, 0.3) is 0 Å². The van der Waals surface area contributed by atoms with Gasteiger partial charge in [-0.15, -0.1) is 0 Å². The van der Waals surface area contributed by atoms with Crippen LogP contribution in [0.1, 0.15) is 26.2 Å². The van der Waals surface area contributed by atoms with Crippen molar-refractivity contribution in [1.29, 1.82) is 0 Å². The van der Waals surface area contributed by atoms with Crippen LogP contribution in [-0.4, -0.2) is 50.7 Å². The topological polar surface area (TPSA) is 41.6 Å². The molecule has 0 aromatic carbocycles. The molecule has 0 radical (unpaired) electrons. The number of nitrogens with zero attached hydrogens (tertiary/aromatic N) is 1. The first-order valence-corrected chi connectivity index (χ1v) is 6.65. The zero-order valence-electron chi connectivity index (χ0n) is 11.0. The molecule has 1 unspecified atom stereocenters. The van der Waals surface area contributed by atoms with Gasteiger partial charge in [0, 0.05) is 33.4 Å². The molecule has 0 saturated carbocycles. The van der Waals surface area contributed by atoms with Gasteiger partial charge in [-0.25, -0.2) is 0 Å². The molecule has 4 heteroatoms. The van der Waals surface area contributed by atoms with Gasteiger partial charge in [0.05, 0.1) is 5.41 Å². The highest BCUT2D eigenvalue weighted by Crippen LogP contribution is 2.29. The van der Waals surface area contributed by atoms with Crippen LogP contribution in [0, 0.1) is 11.3 Å². The molecule has 0 aliphatic carbocycles. The molecular formula is C13H24N2O2. The number of piperidine rings is 1. The SMILES string of the molecule is COCC1CCN(C(=O)C2(C)CCNC2)CC1. The molecule has 4 nitrogen and oxygen atoms in total. The number of methoxy groups -OCH3 is 1. The van der Waals surface area contributed by atoms with E-state index in [1.54, 1.807) is 7.11 Å². The summed E-state index contributed by atoms with van der Waals surface area (Å²) >= 11 is 0. The van der Waals surface area contributed by atoms with E-state index in [1.165, 1.54) is 0 Å². The molecule has 1 atom stereocenters. The summed E-state index contributed by atoms with van der Waals surface area (Å²) < 4.78 is 5.18. The fourth-order valence-corrected chi connectivity index (χ4v) is 2.92. The fraction of sp³-hybridized carbons (Fsp3) is 0.923. The maximum Gasteiger partial charge on any atom is 0.229 e. The summed E-state index contributed by atoms with van der Waals surface area (Å²) in [5.74, 6) is 0.983. The maximum atomic E-state index is 12.4. The van der Waals surface area contributed by atoms with Crippen LogP contribution in [0.25, 0.3) is 0 Å². The minimum atomic E-state index is -0.159. The second-order valence-electron chi connectivity index (χ2n) is 5.68. The lowest BCUT2D eigenvalue weighted by Crippen LogP contribution is -2.47. The van der Waals surface area contributed by atoms with Crippen LogP contribution in [0.2, 0.25) is 0 Å². The zero-order valence-corrected chi connectivity index (χ0v) is 11.0. The summed E-state index contributed by atoms with van der Waals surface area (Å²) in [6, 6.07) is 0. The molecule has 0 bridgehead atoms. The summed E-state index contributed by atoms with van der Waals surface area (Å²) in [6.07, 6.45) is 3.15. The molecule has 17 heavy (non-hydrogen) atoms. The number of ether oxygens (including phenoxy) is 1. The van der Waals surface area contributed by atoms with Crippen LogP contribution in [-0.2, 0) is 9.53 Å². The van der Waals surface area contributed by atoms with Gasteiger partial charge < -0.3 is 15.0 Å². The van der Waals surface area contributed by atoms with Gasteiger partial charge in [0.2, 0.25) is 5.91 Å². The Hall–Kier alpha value is -0.610. The average molecular weight is 240 g/mol. The van der Waals surface area contributed by atoms with E-state index in [0.29, 0.717) is 11.8 Å². The molecule has 2 rings (SSSR count). The van der Waals surface area contributed by atoms with Gasteiger partial charge in [-0.3, -0.25) is 4.79 Å². The number of carbonyl (C=O) groups excluding carboxylic acids is 1. The van der Waals surface area contributed by atoms with Crippen molar-refractivity contribution in [2.45, 2.75) is 26.2 Å². The quantitative estimate of drug-likeness (QED) is 0.796. The lowest BCUT2D eigenvalue weighted by molar-refractivity contribution is -0.141. The van der Waals surface area contributed by atoms with Crippen molar-refractivity contribution in [1.82, 2.24) is 10.2 Å². The Balaban J connectivity index is 1.86. The Morgan fingerprint density at radius 3 is 2.71 bits per heavy atom. The molecule has 2 heterocycles. The number of rotatable bonds is 3. The molecular weight excluding hydrogens is 216 g/mol. The van der Waals surface area contributed by atoms with Gasteiger partial charge in [0.1, 0.15) is 0 Å². The minimum Gasteiger partial charge on any atom is -0.384 e. The van der Waals surface area contributed by atoms with Crippen LogP contribution >= 0.6 is 0 Å². The predicted molar refractivity (Wildman–Crippen MR) is 66.8 cm³/mol. The zero-order chi connectivity index (χ0) is 12.3. The molecule has 98 valence electrons. The highest BCUT2D eigenvalue weighted by atomic mass is 16.5. The van der Waals surface area contributed by atoms with Crippen LogP contribution in [0.5, 0.6) is 0 Å². The van der Waals surface area contributed by atoms with Crippen LogP contribution in [0.15, 0.2) is 0 Å². The second-order valence-corrected chi connectivity index (χ2v) is 5.68. The van der Waals surface area contributed by atoms with Gasteiger partial charge in [0.15, 0.2) is 0 Å². The lowest BCUT2D eigenvalue weighted by atomic mass is 9.86. The molecule has 2 saturated heterocycles. The van der Waals surface area contributed by atoms with Crippen molar-refractivity contribution < 1.29 is 9.53 Å². The summed E-state index contributed by atoms with van der Waals surface area (Å²) in [5.41, 5.74) is -0.159. The number of likely N-dealkylation sites (tertiary alicyclic amines) is 1. The second kappa shape index (κ2) is 5.36. The molecule has 1 N–H and O–H groups in total. The van der Waals surface area contributed by atoms with Crippen LogP contribution in [0.3, 0.4) is 0 Å². The predicted octanol–water partition coefficient (Wildman–Crippen LogP) is 0.871. The number of nitrogens with one attached hydrogen (secondary N) is 1. The maximum absolute atomic E-state index is 12.4. The van der Waals surface area contributed by atoms with Crippen molar-refractivity contribution in [2.24, 2.45) is 11.3 Å². The van der Waals surface area contributed by atoms with E-state index in [-0.39, 0.29) is 5.41 Å². The Kier molecular flexibility index (Phi) is 4.05. The van der Waals surface area contributed by atoms with E-state index in [0.717, 1.165) is 52.0 Å². The first-order chi connectivity index (χ1) is 8.15. The number of carbonyl (C=O) groups is 1.